The van der Waals surface area contributed by atoms with Crippen molar-refractivity contribution in [3.8, 4) is 5.75 Å². The Morgan fingerprint density at radius 1 is 1.29 bits per heavy atom. The van der Waals surface area contributed by atoms with E-state index in [1.807, 2.05) is 32.2 Å². The number of hydrogen-bond acceptors (Lipinski definition) is 3. The van der Waals surface area contributed by atoms with Gasteiger partial charge >= 0.3 is 0 Å². The first-order valence-electron chi connectivity index (χ1n) is 7.93. The molecular weight excluding hydrogens is 260 g/mol. The second-order valence-electron chi connectivity index (χ2n) is 4.55. The van der Waals surface area contributed by atoms with Gasteiger partial charge in [-0.05, 0) is 37.0 Å². The van der Waals surface area contributed by atoms with Gasteiger partial charge in [0.15, 0.2) is 0 Å². The second kappa shape index (κ2) is 11.0. The molecule has 118 valence electrons. The summed E-state index contributed by atoms with van der Waals surface area (Å²) in [6, 6.07) is 5.68. The number of rotatable bonds is 7. The van der Waals surface area contributed by atoms with Crippen LogP contribution in [0.5, 0.6) is 5.75 Å². The van der Waals surface area contributed by atoms with Crippen LogP contribution in [0, 0.1) is 0 Å². The van der Waals surface area contributed by atoms with Crippen LogP contribution < -0.4 is 5.01 Å². The van der Waals surface area contributed by atoms with E-state index in [1.165, 1.54) is 5.57 Å². The third-order valence-electron chi connectivity index (χ3n) is 3.18. The van der Waals surface area contributed by atoms with Crippen LogP contribution in [-0.2, 0) is 6.42 Å². The minimum absolute atomic E-state index is 0.245. The van der Waals surface area contributed by atoms with Crippen molar-refractivity contribution in [1.82, 2.24) is 0 Å². The Hall–Kier alpha value is -1.77. The molecule has 0 bridgehead atoms. The van der Waals surface area contributed by atoms with Crippen LogP contribution in [-0.4, -0.2) is 11.8 Å². The zero-order chi connectivity index (χ0) is 16.3. The van der Waals surface area contributed by atoms with E-state index in [2.05, 4.69) is 32.6 Å². The summed E-state index contributed by atoms with van der Waals surface area (Å²) in [4.78, 5) is 0. The monoisotopic (exact) mass is 290 g/mol. The Kier molecular flexibility index (Phi) is 10.0. The molecule has 1 N–H and O–H groups in total. The number of aromatic hydroxyl groups is 1. The summed E-state index contributed by atoms with van der Waals surface area (Å²) in [5.74, 6) is 0.245. The third-order valence-corrected chi connectivity index (χ3v) is 3.18. The van der Waals surface area contributed by atoms with Crippen LogP contribution in [0.3, 0.4) is 0 Å². The summed E-state index contributed by atoms with van der Waals surface area (Å²) in [6.45, 7) is 13.9. The highest BCUT2D eigenvalue weighted by Gasteiger charge is 2.09. The van der Waals surface area contributed by atoms with Gasteiger partial charge in [0.05, 0.1) is 0 Å². The average molecular weight is 290 g/mol. The van der Waals surface area contributed by atoms with E-state index in [1.54, 1.807) is 11.1 Å². The molecule has 0 saturated heterocycles. The van der Waals surface area contributed by atoms with Crippen molar-refractivity contribution >= 4 is 12.4 Å². The third kappa shape index (κ3) is 6.03. The first-order valence-corrected chi connectivity index (χ1v) is 7.93. The molecule has 3 heteroatoms. The van der Waals surface area contributed by atoms with Gasteiger partial charge in [-0.3, -0.25) is 0 Å². The van der Waals surface area contributed by atoms with Crippen LogP contribution in [0.2, 0.25) is 0 Å². The fraction of sp³-hybridized carbons (Fsp3) is 0.500. The van der Waals surface area contributed by atoms with Gasteiger partial charge in [0.1, 0.15) is 11.4 Å². The maximum atomic E-state index is 10.1. The van der Waals surface area contributed by atoms with Crippen molar-refractivity contribution in [2.45, 2.75) is 60.3 Å². The predicted octanol–water partition coefficient (Wildman–Crippen LogP) is 5.50. The summed E-state index contributed by atoms with van der Waals surface area (Å²) >= 11 is 0. The maximum absolute atomic E-state index is 10.1. The van der Waals surface area contributed by atoms with Crippen LogP contribution in [0.1, 0.15) is 59.4 Å². The SMILES string of the molecule is C=NN(/C=C(/CC)CCC)c1ccc(CC)cc1O.CC. The summed E-state index contributed by atoms with van der Waals surface area (Å²) in [6.07, 6.45) is 5.99. The van der Waals surface area contributed by atoms with Gasteiger partial charge in [0.25, 0.3) is 0 Å². The molecule has 3 nitrogen and oxygen atoms in total. The molecule has 1 aromatic rings. The van der Waals surface area contributed by atoms with Crippen LogP contribution in [0.15, 0.2) is 35.1 Å². The zero-order valence-electron chi connectivity index (χ0n) is 14.2. The Morgan fingerprint density at radius 2 is 1.95 bits per heavy atom. The Morgan fingerprint density at radius 3 is 2.38 bits per heavy atom. The molecule has 0 saturated carbocycles. The van der Waals surface area contributed by atoms with Gasteiger partial charge in [0.2, 0.25) is 0 Å². The topological polar surface area (TPSA) is 35.8 Å². The van der Waals surface area contributed by atoms with Gasteiger partial charge in [-0.15, -0.1) is 0 Å². The lowest BCUT2D eigenvalue weighted by molar-refractivity contribution is 0.475. The standard InChI is InChI=1S/C16H24N2O.C2H6/c1-5-8-14(7-3)12-18(17-4)15-10-9-13(6-2)11-16(15)19;1-2/h9-12,19H,4-8H2,1-3H3;1-2H3/b14-12-;. The molecule has 0 unspecified atom stereocenters. The van der Waals surface area contributed by atoms with Crippen molar-refractivity contribution in [3.63, 3.8) is 0 Å². The fourth-order valence-electron chi connectivity index (χ4n) is 2.00. The van der Waals surface area contributed by atoms with E-state index in [9.17, 15) is 5.11 Å². The summed E-state index contributed by atoms with van der Waals surface area (Å²) in [5, 5.41) is 15.7. The quantitative estimate of drug-likeness (QED) is 0.532. The molecule has 1 rings (SSSR count). The van der Waals surface area contributed by atoms with E-state index < -0.39 is 0 Å². The molecule has 0 heterocycles. The van der Waals surface area contributed by atoms with Crippen LogP contribution >= 0.6 is 0 Å². The largest absolute Gasteiger partial charge is 0.506 e. The predicted molar refractivity (Wildman–Crippen MR) is 94.1 cm³/mol. The number of nitrogens with zero attached hydrogens (tertiary/aromatic N) is 2. The smallest absolute Gasteiger partial charge is 0.141 e. The molecule has 0 amide bonds. The lowest BCUT2D eigenvalue weighted by Crippen LogP contribution is -2.08. The minimum Gasteiger partial charge on any atom is -0.506 e. The summed E-state index contributed by atoms with van der Waals surface area (Å²) < 4.78 is 0. The number of aryl methyl sites for hydroxylation is 1. The van der Waals surface area contributed by atoms with Gasteiger partial charge < -0.3 is 5.11 Å². The number of benzene rings is 1. The number of phenols is 1. The lowest BCUT2D eigenvalue weighted by Gasteiger charge is -2.18. The van der Waals surface area contributed by atoms with Crippen molar-refractivity contribution in [2.24, 2.45) is 5.10 Å². The van der Waals surface area contributed by atoms with Gasteiger partial charge in [-0.25, -0.2) is 5.01 Å². The molecule has 21 heavy (non-hydrogen) atoms. The van der Waals surface area contributed by atoms with Crippen LogP contribution in [0.4, 0.5) is 5.69 Å². The highest BCUT2D eigenvalue weighted by molar-refractivity contribution is 5.61. The van der Waals surface area contributed by atoms with E-state index in [-0.39, 0.29) is 5.75 Å². The summed E-state index contributed by atoms with van der Waals surface area (Å²) in [7, 11) is 0. The van der Waals surface area contributed by atoms with Gasteiger partial charge in [0, 0.05) is 12.9 Å². The van der Waals surface area contributed by atoms with Gasteiger partial charge in [-0.2, -0.15) is 5.10 Å². The average Bonchev–Trinajstić information content (AvgIpc) is 2.53. The van der Waals surface area contributed by atoms with E-state index in [0.29, 0.717) is 5.69 Å². The van der Waals surface area contributed by atoms with Gasteiger partial charge in [-0.1, -0.05) is 52.7 Å². The first-order chi connectivity index (χ1) is 10.2. The number of hydrazone groups is 1. The highest BCUT2D eigenvalue weighted by Crippen LogP contribution is 2.30. The maximum Gasteiger partial charge on any atom is 0.141 e. The molecule has 0 aromatic heterocycles. The van der Waals surface area contributed by atoms with E-state index in [4.69, 9.17) is 0 Å². The Bertz CT molecular complexity index is 453. The number of phenolic OH excluding ortho intramolecular Hbond substituents is 1. The first kappa shape index (κ1) is 19.2. The molecule has 0 fully saturated rings. The highest BCUT2D eigenvalue weighted by atomic mass is 16.3. The Labute approximate surface area is 130 Å². The molecule has 0 spiro atoms. The Balaban J connectivity index is 0.00000191. The molecule has 1 aromatic carbocycles. The zero-order valence-corrected chi connectivity index (χ0v) is 14.2. The molecule has 0 aliphatic heterocycles. The molecule has 0 atom stereocenters. The molecule has 0 radical (unpaired) electrons. The van der Waals surface area contributed by atoms with Crippen LogP contribution in [0.25, 0.3) is 0 Å². The molecule has 0 aliphatic carbocycles. The molecule has 0 aliphatic rings. The second-order valence-corrected chi connectivity index (χ2v) is 4.55. The number of hydrogen-bond donors (Lipinski definition) is 1. The van der Waals surface area contributed by atoms with E-state index >= 15 is 0 Å². The molecular formula is C18H30N2O. The minimum atomic E-state index is 0.245. The lowest BCUT2D eigenvalue weighted by atomic mass is 10.1. The van der Waals surface area contributed by atoms with Crippen molar-refractivity contribution in [2.75, 3.05) is 5.01 Å². The number of anilines is 1. The van der Waals surface area contributed by atoms with E-state index in [0.717, 1.165) is 31.2 Å². The normalized spacial score (nSPS) is 10.6. The number of allylic oxidation sites excluding steroid dienone is 1. The summed E-state index contributed by atoms with van der Waals surface area (Å²) in [5.41, 5.74) is 3.08. The van der Waals surface area contributed by atoms with Crippen molar-refractivity contribution in [1.29, 1.82) is 0 Å². The van der Waals surface area contributed by atoms with Crippen molar-refractivity contribution in [3.05, 3.63) is 35.5 Å². The van der Waals surface area contributed by atoms with Crippen molar-refractivity contribution < 1.29 is 5.11 Å². The fourth-order valence-corrected chi connectivity index (χ4v) is 2.00.